The Morgan fingerprint density at radius 2 is 1.93 bits per heavy atom. The second kappa shape index (κ2) is 10.9. The van der Waals surface area contributed by atoms with Crippen LogP contribution in [-0.4, -0.2) is 62.9 Å². The highest BCUT2D eigenvalue weighted by molar-refractivity contribution is 8.00. The Bertz CT molecular complexity index is 687. The number of piperidine rings is 1. The standard InChI is InChI=1S/C19H32N4O2S2/c1-4-20-19(21-14-16(2)26-18-8-6-5-7-9-18)22-15-17-10-12-23(13-11-17)27(3,24)25/h5-9,16-17H,4,10-15H2,1-3H3,(H2,20,21,22). The third-order valence-corrected chi connectivity index (χ3v) is 6.93. The van der Waals surface area contributed by atoms with Crippen molar-refractivity contribution >= 4 is 27.7 Å². The lowest BCUT2D eigenvalue weighted by Crippen LogP contribution is -2.44. The lowest BCUT2D eigenvalue weighted by atomic mass is 9.98. The predicted octanol–water partition coefficient (Wildman–Crippen LogP) is 2.39. The van der Waals surface area contributed by atoms with Gasteiger partial charge in [0.15, 0.2) is 5.96 Å². The normalized spacial score (nSPS) is 18.3. The number of guanidine groups is 1. The maximum atomic E-state index is 11.6. The van der Waals surface area contributed by atoms with Crippen molar-refractivity contribution in [2.75, 3.05) is 39.0 Å². The van der Waals surface area contributed by atoms with Crippen LogP contribution in [0.1, 0.15) is 26.7 Å². The van der Waals surface area contributed by atoms with Crippen LogP contribution in [0.4, 0.5) is 0 Å². The summed E-state index contributed by atoms with van der Waals surface area (Å²) in [5, 5.41) is 7.11. The average Bonchev–Trinajstić information content (AvgIpc) is 2.64. The quantitative estimate of drug-likeness (QED) is 0.390. The van der Waals surface area contributed by atoms with Gasteiger partial charge >= 0.3 is 0 Å². The van der Waals surface area contributed by atoms with Gasteiger partial charge in [0.25, 0.3) is 0 Å². The van der Waals surface area contributed by atoms with Gasteiger partial charge in [-0.25, -0.2) is 12.7 Å². The number of hydrogen-bond donors (Lipinski definition) is 2. The summed E-state index contributed by atoms with van der Waals surface area (Å²) in [6.07, 6.45) is 3.07. The minimum absolute atomic E-state index is 0.390. The second-order valence-corrected chi connectivity index (χ2v) is 10.4. The largest absolute Gasteiger partial charge is 0.357 e. The molecular formula is C19H32N4O2S2. The van der Waals surface area contributed by atoms with Crippen LogP contribution in [0.5, 0.6) is 0 Å². The summed E-state index contributed by atoms with van der Waals surface area (Å²) < 4.78 is 24.8. The Balaban J connectivity index is 1.78. The molecule has 1 aromatic rings. The van der Waals surface area contributed by atoms with Gasteiger partial charge in [-0.3, -0.25) is 4.99 Å². The molecule has 0 aromatic heterocycles. The van der Waals surface area contributed by atoms with Crippen LogP contribution >= 0.6 is 11.8 Å². The second-order valence-electron chi connectivity index (χ2n) is 6.95. The van der Waals surface area contributed by atoms with Gasteiger partial charge in [-0.05, 0) is 37.8 Å². The van der Waals surface area contributed by atoms with Gasteiger partial charge in [0.05, 0.1) is 12.8 Å². The molecule has 8 heteroatoms. The van der Waals surface area contributed by atoms with Gasteiger partial charge < -0.3 is 10.6 Å². The van der Waals surface area contributed by atoms with Crippen LogP contribution in [-0.2, 0) is 10.0 Å². The molecule has 27 heavy (non-hydrogen) atoms. The minimum Gasteiger partial charge on any atom is -0.357 e. The third-order valence-electron chi connectivity index (χ3n) is 4.53. The van der Waals surface area contributed by atoms with Crippen molar-refractivity contribution < 1.29 is 8.42 Å². The molecule has 1 heterocycles. The molecule has 1 aromatic carbocycles. The topological polar surface area (TPSA) is 73.8 Å². The zero-order chi connectivity index (χ0) is 19.7. The molecule has 0 saturated carbocycles. The van der Waals surface area contributed by atoms with E-state index in [1.54, 1.807) is 4.31 Å². The van der Waals surface area contributed by atoms with Crippen molar-refractivity contribution in [3.63, 3.8) is 0 Å². The number of benzene rings is 1. The molecule has 0 aliphatic carbocycles. The third kappa shape index (κ3) is 8.11. The Hall–Kier alpha value is -1.25. The molecule has 1 atom stereocenters. The van der Waals surface area contributed by atoms with E-state index in [0.29, 0.717) is 24.3 Å². The van der Waals surface area contributed by atoms with Crippen molar-refractivity contribution in [3.05, 3.63) is 30.3 Å². The van der Waals surface area contributed by atoms with E-state index < -0.39 is 10.0 Å². The van der Waals surface area contributed by atoms with E-state index in [1.165, 1.54) is 11.2 Å². The van der Waals surface area contributed by atoms with Gasteiger partial charge in [-0.1, -0.05) is 25.1 Å². The zero-order valence-electron chi connectivity index (χ0n) is 16.5. The Kier molecular flexibility index (Phi) is 8.92. The molecule has 0 radical (unpaired) electrons. The van der Waals surface area contributed by atoms with Crippen molar-refractivity contribution in [3.8, 4) is 0 Å². The molecule has 152 valence electrons. The van der Waals surface area contributed by atoms with Crippen LogP contribution in [0.15, 0.2) is 40.2 Å². The summed E-state index contributed by atoms with van der Waals surface area (Å²) in [5.74, 6) is 1.31. The first-order chi connectivity index (χ1) is 12.9. The van der Waals surface area contributed by atoms with E-state index in [4.69, 9.17) is 4.99 Å². The summed E-state index contributed by atoms with van der Waals surface area (Å²) in [7, 11) is -3.06. The number of thioether (sulfide) groups is 1. The Morgan fingerprint density at radius 3 is 2.52 bits per heavy atom. The highest BCUT2D eigenvalue weighted by Gasteiger charge is 2.24. The van der Waals surface area contributed by atoms with E-state index in [9.17, 15) is 8.42 Å². The highest BCUT2D eigenvalue weighted by atomic mass is 32.2. The monoisotopic (exact) mass is 412 g/mol. The molecule has 0 bridgehead atoms. The van der Waals surface area contributed by atoms with Gasteiger partial charge in [0.1, 0.15) is 0 Å². The number of nitrogens with zero attached hydrogens (tertiary/aromatic N) is 2. The summed E-state index contributed by atoms with van der Waals surface area (Å²) in [4.78, 5) is 5.98. The fourth-order valence-electron chi connectivity index (χ4n) is 3.02. The van der Waals surface area contributed by atoms with Crippen LogP contribution in [0.25, 0.3) is 0 Å². The maximum absolute atomic E-state index is 11.6. The first-order valence-electron chi connectivity index (χ1n) is 9.57. The first-order valence-corrected chi connectivity index (χ1v) is 12.3. The van der Waals surface area contributed by atoms with Gasteiger partial charge in [-0.15, -0.1) is 11.8 Å². The van der Waals surface area contributed by atoms with Crippen LogP contribution in [0, 0.1) is 5.92 Å². The average molecular weight is 413 g/mol. The van der Waals surface area contributed by atoms with Crippen molar-refractivity contribution in [1.82, 2.24) is 14.9 Å². The molecule has 1 saturated heterocycles. The molecule has 1 fully saturated rings. The van der Waals surface area contributed by atoms with Gasteiger partial charge in [0, 0.05) is 36.3 Å². The van der Waals surface area contributed by atoms with Crippen LogP contribution in [0.2, 0.25) is 0 Å². The lowest BCUT2D eigenvalue weighted by Gasteiger charge is -2.30. The number of nitrogens with one attached hydrogen (secondary N) is 2. The number of rotatable bonds is 8. The Labute approximate surface area is 168 Å². The SMILES string of the molecule is CCNC(=NCC(C)Sc1ccccc1)NCC1CCN(S(C)(=O)=O)CC1. The van der Waals surface area contributed by atoms with Crippen molar-refractivity contribution in [1.29, 1.82) is 0 Å². The summed E-state index contributed by atoms with van der Waals surface area (Å²) in [6, 6.07) is 10.4. The van der Waals surface area contributed by atoms with Crippen molar-refractivity contribution in [2.45, 2.75) is 36.8 Å². The van der Waals surface area contributed by atoms with E-state index in [-0.39, 0.29) is 0 Å². The highest BCUT2D eigenvalue weighted by Crippen LogP contribution is 2.22. The summed E-state index contributed by atoms with van der Waals surface area (Å²) in [5.41, 5.74) is 0. The fourth-order valence-corrected chi connectivity index (χ4v) is 4.82. The van der Waals surface area contributed by atoms with E-state index in [0.717, 1.165) is 38.4 Å². The molecule has 0 spiro atoms. The molecular weight excluding hydrogens is 380 g/mol. The number of hydrogen-bond acceptors (Lipinski definition) is 4. The van der Waals surface area contributed by atoms with Crippen LogP contribution < -0.4 is 10.6 Å². The molecule has 1 unspecified atom stereocenters. The molecule has 2 N–H and O–H groups in total. The smallest absolute Gasteiger partial charge is 0.211 e. The molecule has 6 nitrogen and oxygen atoms in total. The number of aliphatic imine (C=N–C) groups is 1. The molecule has 0 amide bonds. The summed E-state index contributed by atoms with van der Waals surface area (Å²) >= 11 is 1.83. The minimum atomic E-state index is -3.06. The van der Waals surface area contributed by atoms with E-state index in [2.05, 4.69) is 48.7 Å². The Morgan fingerprint density at radius 1 is 1.26 bits per heavy atom. The first kappa shape index (κ1) is 22.0. The van der Waals surface area contributed by atoms with Gasteiger partial charge in [-0.2, -0.15) is 0 Å². The zero-order valence-corrected chi connectivity index (χ0v) is 18.2. The van der Waals surface area contributed by atoms with E-state index in [1.807, 2.05) is 17.8 Å². The lowest BCUT2D eigenvalue weighted by molar-refractivity contribution is 0.275. The van der Waals surface area contributed by atoms with Crippen LogP contribution in [0.3, 0.4) is 0 Å². The maximum Gasteiger partial charge on any atom is 0.211 e. The van der Waals surface area contributed by atoms with Gasteiger partial charge in [0.2, 0.25) is 10.0 Å². The van der Waals surface area contributed by atoms with E-state index >= 15 is 0 Å². The summed E-state index contributed by atoms with van der Waals surface area (Å²) in [6.45, 7) is 7.85. The fraction of sp³-hybridized carbons (Fsp3) is 0.632. The number of sulfonamides is 1. The van der Waals surface area contributed by atoms with Crippen molar-refractivity contribution in [2.24, 2.45) is 10.9 Å². The predicted molar refractivity (Wildman–Crippen MR) is 115 cm³/mol. The molecule has 2 rings (SSSR count). The molecule has 1 aliphatic heterocycles. The molecule has 1 aliphatic rings.